The number of hydrogen-bond acceptors (Lipinski definition) is 4. The van der Waals surface area contributed by atoms with Gasteiger partial charge in [0.1, 0.15) is 12.0 Å². The van der Waals surface area contributed by atoms with Crippen molar-refractivity contribution >= 4 is 17.5 Å². The van der Waals surface area contributed by atoms with Gasteiger partial charge in [-0.15, -0.1) is 0 Å². The van der Waals surface area contributed by atoms with Crippen molar-refractivity contribution in [3.63, 3.8) is 0 Å². The maximum absolute atomic E-state index is 11.4. The second-order valence-corrected chi connectivity index (χ2v) is 4.29. The number of nitrogens with zero attached hydrogens (tertiary/aromatic N) is 1. The van der Waals surface area contributed by atoms with Gasteiger partial charge in [-0.1, -0.05) is 0 Å². The van der Waals surface area contributed by atoms with E-state index in [2.05, 4.69) is 4.98 Å². The van der Waals surface area contributed by atoms with Crippen molar-refractivity contribution in [3.8, 4) is 0 Å². The van der Waals surface area contributed by atoms with Gasteiger partial charge in [-0.3, -0.25) is 4.79 Å². The van der Waals surface area contributed by atoms with Crippen molar-refractivity contribution in [2.45, 2.75) is 12.8 Å². The van der Waals surface area contributed by atoms with Gasteiger partial charge in [-0.25, -0.2) is 4.98 Å². The first-order valence-corrected chi connectivity index (χ1v) is 5.49. The third-order valence-electron chi connectivity index (χ3n) is 2.25. The van der Waals surface area contributed by atoms with E-state index in [9.17, 15) is 4.79 Å². The van der Waals surface area contributed by atoms with Crippen molar-refractivity contribution in [2.24, 2.45) is 5.92 Å². The number of Topliss-reactive ketones (excluding diaryl/α,β-unsaturated/α-hetero) is 1. The van der Waals surface area contributed by atoms with Crippen molar-refractivity contribution in [1.29, 1.82) is 0 Å². The molecule has 1 aromatic rings. The minimum atomic E-state index is 0.173. The number of rotatable bonds is 2. The van der Waals surface area contributed by atoms with E-state index in [0.717, 1.165) is 24.3 Å². The van der Waals surface area contributed by atoms with Gasteiger partial charge in [0.2, 0.25) is 0 Å². The summed E-state index contributed by atoms with van der Waals surface area (Å²) >= 11 is 1.73. The lowest BCUT2D eigenvalue weighted by molar-refractivity contribution is -0.120. The summed E-state index contributed by atoms with van der Waals surface area (Å²) in [6.45, 7) is 0. The Hall–Kier alpha value is -0.770. The first-order chi connectivity index (χ1) is 6.36. The quantitative estimate of drug-likeness (QED) is 0.721. The molecule has 1 saturated heterocycles. The van der Waals surface area contributed by atoms with E-state index in [4.69, 9.17) is 4.42 Å². The molecule has 0 saturated carbocycles. The summed E-state index contributed by atoms with van der Waals surface area (Å²) in [6.07, 6.45) is 4.76. The molecule has 1 aliphatic heterocycles. The van der Waals surface area contributed by atoms with E-state index in [0.29, 0.717) is 11.5 Å². The molecular weight excluding hydrogens is 186 g/mol. The standard InChI is InChI=1S/C9H11NO2S/c11-9-5-13-2-1-7(9)3-8-4-12-6-10-8/h4,6-7H,1-3,5H2. The molecule has 1 aromatic heterocycles. The molecular formula is C9H11NO2S. The maximum Gasteiger partial charge on any atom is 0.180 e. The van der Waals surface area contributed by atoms with Gasteiger partial charge < -0.3 is 4.42 Å². The van der Waals surface area contributed by atoms with E-state index >= 15 is 0 Å². The second kappa shape index (κ2) is 3.96. The molecule has 0 bridgehead atoms. The number of carbonyl (C=O) groups excluding carboxylic acids is 1. The molecule has 1 unspecified atom stereocenters. The lowest BCUT2D eigenvalue weighted by atomic mass is 9.96. The monoisotopic (exact) mass is 197 g/mol. The molecule has 0 N–H and O–H groups in total. The normalized spacial score (nSPS) is 23.4. The smallest absolute Gasteiger partial charge is 0.180 e. The van der Waals surface area contributed by atoms with Crippen LogP contribution in [-0.2, 0) is 11.2 Å². The minimum absolute atomic E-state index is 0.173. The predicted molar refractivity (Wildman–Crippen MR) is 50.6 cm³/mol. The van der Waals surface area contributed by atoms with Crippen LogP contribution >= 0.6 is 11.8 Å². The summed E-state index contributed by atoms with van der Waals surface area (Å²) in [5, 5.41) is 0. The average Bonchev–Trinajstić information content (AvgIpc) is 2.61. The fraction of sp³-hybridized carbons (Fsp3) is 0.556. The largest absolute Gasteiger partial charge is 0.451 e. The van der Waals surface area contributed by atoms with E-state index in [-0.39, 0.29) is 5.92 Å². The third kappa shape index (κ3) is 2.12. The second-order valence-electron chi connectivity index (χ2n) is 3.19. The summed E-state index contributed by atoms with van der Waals surface area (Å²) in [5.74, 6) is 2.29. The number of oxazole rings is 1. The Morgan fingerprint density at radius 2 is 2.62 bits per heavy atom. The first-order valence-electron chi connectivity index (χ1n) is 4.34. The van der Waals surface area contributed by atoms with E-state index in [1.54, 1.807) is 18.0 Å². The molecule has 2 heterocycles. The molecule has 4 heteroatoms. The predicted octanol–water partition coefficient (Wildman–Crippen LogP) is 1.54. The third-order valence-corrected chi connectivity index (χ3v) is 3.26. The van der Waals surface area contributed by atoms with Crippen LogP contribution in [0.3, 0.4) is 0 Å². The molecule has 3 nitrogen and oxygen atoms in total. The van der Waals surface area contributed by atoms with Crippen LogP contribution in [0.1, 0.15) is 12.1 Å². The number of aromatic nitrogens is 1. The van der Waals surface area contributed by atoms with Gasteiger partial charge in [0.25, 0.3) is 0 Å². The molecule has 2 rings (SSSR count). The topological polar surface area (TPSA) is 43.1 Å². The molecule has 1 aliphatic rings. The summed E-state index contributed by atoms with van der Waals surface area (Å²) < 4.78 is 4.86. The highest BCUT2D eigenvalue weighted by Crippen LogP contribution is 2.22. The summed E-state index contributed by atoms with van der Waals surface area (Å²) in [5.41, 5.74) is 0.894. The number of hydrogen-bond donors (Lipinski definition) is 0. The van der Waals surface area contributed by atoms with Crippen LogP contribution in [0.5, 0.6) is 0 Å². The molecule has 0 aromatic carbocycles. The van der Waals surface area contributed by atoms with Gasteiger partial charge in [0, 0.05) is 12.3 Å². The fourth-order valence-electron chi connectivity index (χ4n) is 1.48. The summed E-state index contributed by atoms with van der Waals surface area (Å²) in [6, 6.07) is 0. The Morgan fingerprint density at radius 3 is 3.31 bits per heavy atom. The van der Waals surface area contributed by atoms with Crippen LogP contribution < -0.4 is 0 Å². The molecule has 1 fully saturated rings. The highest BCUT2D eigenvalue weighted by Gasteiger charge is 2.23. The van der Waals surface area contributed by atoms with Crippen molar-refractivity contribution in [1.82, 2.24) is 4.98 Å². The number of ketones is 1. The summed E-state index contributed by atoms with van der Waals surface area (Å²) in [4.78, 5) is 15.5. The molecule has 0 aliphatic carbocycles. The molecule has 0 amide bonds. The zero-order chi connectivity index (χ0) is 9.10. The molecule has 0 radical (unpaired) electrons. The van der Waals surface area contributed by atoms with Crippen molar-refractivity contribution < 1.29 is 9.21 Å². The lowest BCUT2D eigenvalue weighted by Crippen LogP contribution is -2.24. The van der Waals surface area contributed by atoms with Gasteiger partial charge in [-0.05, 0) is 12.2 Å². The average molecular weight is 197 g/mol. The lowest BCUT2D eigenvalue weighted by Gasteiger charge is -2.18. The van der Waals surface area contributed by atoms with Crippen LogP contribution in [0, 0.1) is 5.92 Å². The van der Waals surface area contributed by atoms with Crippen LogP contribution in [0.15, 0.2) is 17.1 Å². The Kier molecular flexibility index (Phi) is 2.68. The van der Waals surface area contributed by atoms with Crippen LogP contribution in [0.4, 0.5) is 0 Å². The van der Waals surface area contributed by atoms with Crippen LogP contribution in [-0.4, -0.2) is 22.3 Å². The summed E-state index contributed by atoms with van der Waals surface area (Å²) in [7, 11) is 0. The molecule has 70 valence electrons. The van der Waals surface area contributed by atoms with Crippen LogP contribution in [0.25, 0.3) is 0 Å². The Bertz CT molecular complexity index is 284. The molecule has 1 atom stereocenters. The van der Waals surface area contributed by atoms with Gasteiger partial charge in [0.05, 0.1) is 11.4 Å². The number of thioether (sulfide) groups is 1. The van der Waals surface area contributed by atoms with Crippen molar-refractivity contribution in [2.75, 3.05) is 11.5 Å². The van der Waals surface area contributed by atoms with E-state index < -0.39 is 0 Å². The van der Waals surface area contributed by atoms with E-state index in [1.807, 2.05) is 0 Å². The van der Waals surface area contributed by atoms with Gasteiger partial charge >= 0.3 is 0 Å². The first kappa shape index (κ1) is 8.81. The minimum Gasteiger partial charge on any atom is -0.451 e. The Labute approximate surface area is 80.9 Å². The van der Waals surface area contributed by atoms with Gasteiger partial charge in [-0.2, -0.15) is 11.8 Å². The zero-order valence-electron chi connectivity index (χ0n) is 7.23. The Morgan fingerprint density at radius 1 is 1.69 bits per heavy atom. The SMILES string of the molecule is O=C1CSCCC1Cc1cocn1. The van der Waals surface area contributed by atoms with Gasteiger partial charge in [0.15, 0.2) is 6.39 Å². The Balaban J connectivity index is 1.97. The van der Waals surface area contributed by atoms with Crippen LogP contribution in [0.2, 0.25) is 0 Å². The molecule has 0 spiro atoms. The fourth-order valence-corrected chi connectivity index (χ4v) is 2.52. The highest BCUT2D eigenvalue weighted by atomic mass is 32.2. The van der Waals surface area contributed by atoms with E-state index in [1.165, 1.54) is 6.39 Å². The number of carbonyl (C=O) groups is 1. The van der Waals surface area contributed by atoms with Crippen molar-refractivity contribution in [3.05, 3.63) is 18.4 Å². The maximum atomic E-state index is 11.4. The zero-order valence-corrected chi connectivity index (χ0v) is 8.05. The molecule has 13 heavy (non-hydrogen) atoms. The highest BCUT2D eigenvalue weighted by molar-refractivity contribution is 8.00.